The minimum absolute atomic E-state index is 0.00894. The molecule has 6 atom stereocenters. The van der Waals surface area contributed by atoms with Crippen molar-refractivity contribution in [3.63, 3.8) is 0 Å². The Bertz CT molecular complexity index is 953. The second kappa shape index (κ2) is 16.2. The Morgan fingerprint density at radius 1 is 0.947 bits per heavy atom. The summed E-state index contributed by atoms with van der Waals surface area (Å²) in [4.78, 5) is 54.3. The summed E-state index contributed by atoms with van der Waals surface area (Å²) in [6, 6.07) is 3.99. The number of guanidine groups is 1. The minimum Gasteiger partial charge on any atom is -0.480 e. The van der Waals surface area contributed by atoms with Crippen molar-refractivity contribution >= 4 is 29.7 Å². The summed E-state index contributed by atoms with van der Waals surface area (Å²) in [6.45, 7) is 5.16. The molecule has 3 amide bonds. The third kappa shape index (κ3) is 11.1. The maximum atomic E-state index is 13.1. The maximum Gasteiger partial charge on any atom is 0.326 e. The number of nitrogens with zero attached hydrogens (tertiary/aromatic N) is 1. The second-order valence-corrected chi connectivity index (χ2v) is 9.24. The number of carboxylic acids is 1. The standard InChI is InChI=1S/C25H41N7O6/c1-4-14(2)19(31-21(34)17(26)11-8-12-29-25(27)28)22(35)32-20(15(3)33)23(36)30-18(24(37)38)13-16-9-6-5-7-10-16/h5-7,9-10,14-15,17-20,33H,4,8,11-13,26H2,1-3H3,(H,30,36)(H,31,34)(H,32,35)(H,37,38)(H4,27,28,29). The van der Waals surface area contributed by atoms with Crippen molar-refractivity contribution in [2.45, 2.75) is 76.7 Å². The van der Waals surface area contributed by atoms with E-state index in [1.807, 2.05) is 6.92 Å². The summed E-state index contributed by atoms with van der Waals surface area (Å²) in [7, 11) is 0. The van der Waals surface area contributed by atoms with Crippen molar-refractivity contribution in [1.82, 2.24) is 16.0 Å². The number of hydrogen-bond acceptors (Lipinski definition) is 7. The highest BCUT2D eigenvalue weighted by atomic mass is 16.4. The highest BCUT2D eigenvalue weighted by Gasteiger charge is 2.34. The molecule has 0 aliphatic heterocycles. The van der Waals surface area contributed by atoms with Crippen LogP contribution in [0.15, 0.2) is 35.3 Å². The van der Waals surface area contributed by atoms with Gasteiger partial charge in [-0.25, -0.2) is 4.79 Å². The van der Waals surface area contributed by atoms with Gasteiger partial charge >= 0.3 is 5.97 Å². The van der Waals surface area contributed by atoms with Gasteiger partial charge in [-0.15, -0.1) is 0 Å². The summed E-state index contributed by atoms with van der Waals surface area (Å²) in [6.07, 6.45) is -0.105. The number of nitrogens with two attached hydrogens (primary N) is 3. The van der Waals surface area contributed by atoms with E-state index in [2.05, 4.69) is 20.9 Å². The Hall–Kier alpha value is -3.71. The van der Waals surface area contributed by atoms with Crippen LogP contribution in [0.2, 0.25) is 0 Å². The topological polar surface area (TPSA) is 235 Å². The van der Waals surface area contributed by atoms with Crippen LogP contribution in [0.1, 0.15) is 45.6 Å². The van der Waals surface area contributed by atoms with E-state index in [-0.39, 0.29) is 24.7 Å². The Kier molecular flexibility index (Phi) is 13.8. The molecule has 13 nitrogen and oxygen atoms in total. The van der Waals surface area contributed by atoms with E-state index in [1.54, 1.807) is 37.3 Å². The summed E-state index contributed by atoms with van der Waals surface area (Å²) < 4.78 is 0. The number of aliphatic imine (C=N–C) groups is 1. The summed E-state index contributed by atoms with van der Waals surface area (Å²) in [5.41, 5.74) is 17.2. The van der Waals surface area contributed by atoms with Crippen molar-refractivity contribution < 1.29 is 29.4 Å². The number of benzene rings is 1. The molecule has 0 spiro atoms. The van der Waals surface area contributed by atoms with Gasteiger partial charge in [-0.2, -0.15) is 0 Å². The summed E-state index contributed by atoms with van der Waals surface area (Å²) >= 11 is 0. The normalized spacial score (nSPS) is 15.6. The van der Waals surface area contributed by atoms with Crippen LogP contribution < -0.4 is 33.2 Å². The quantitative estimate of drug-likeness (QED) is 0.0703. The van der Waals surface area contributed by atoms with Gasteiger partial charge in [0.25, 0.3) is 0 Å². The molecule has 0 bridgehead atoms. The largest absolute Gasteiger partial charge is 0.480 e. The minimum atomic E-state index is -1.46. The molecule has 13 heteroatoms. The van der Waals surface area contributed by atoms with E-state index < -0.39 is 54.0 Å². The van der Waals surface area contributed by atoms with Crippen LogP contribution in [-0.4, -0.2) is 76.7 Å². The third-order valence-electron chi connectivity index (χ3n) is 6.06. The molecule has 6 unspecified atom stereocenters. The average molecular weight is 536 g/mol. The van der Waals surface area contributed by atoms with Crippen molar-refractivity contribution in [2.24, 2.45) is 28.1 Å². The molecule has 0 fully saturated rings. The van der Waals surface area contributed by atoms with Gasteiger partial charge in [-0.3, -0.25) is 19.4 Å². The molecule has 1 aromatic rings. The smallest absolute Gasteiger partial charge is 0.326 e. The number of aliphatic hydroxyl groups excluding tert-OH is 1. The highest BCUT2D eigenvalue weighted by molar-refractivity contribution is 5.94. The van der Waals surface area contributed by atoms with Crippen molar-refractivity contribution in [3.05, 3.63) is 35.9 Å². The number of aliphatic hydroxyl groups is 1. The third-order valence-corrected chi connectivity index (χ3v) is 6.06. The van der Waals surface area contributed by atoms with Crippen LogP contribution >= 0.6 is 0 Å². The predicted molar refractivity (Wildman–Crippen MR) is 143 cm³/mol. The number of carbonyl (C=O) groups excluding carboxylic acids is 3. The van der Waals surface area contributed by atoms with Crippen LogP contribution in [0.4, 0.5) is 0 Å². The van der Waals surface area contributed by atoms with Gasteiger partial charge in [0.05, 0.1) is 12.1 Å². The van der Waals surface area contributed by atoms with E-state index in [1.165, 1.54) is 6.92 Å². The Balaban J connectivity index is 2.91. The zero-order valence-electron chi connectivity index (χ0n) is 22.1. The number of aliphatic carboxylic acids is 1. The molecular weight excluding hydrogens is 494 g/mol. The zero-order chi connectivity index (χ0) is 28.8. The van der Waals surface area contributed by atoms with Crippen LogP contribution in [0.3, 0.4) is 0 Å². The first-order chi connectivity index (χ1) is 17.9. The molecule has 0 saturated carbocycles. The Morgan fingerprint density at radius 2 is 1.53 bits per heavy atom. The summed E-state index contributed by atoms with van der Waals surface area (Å²) in [5, 5.41) is 27.3. The van der Waals surface area contributed by atoms with Crippen LogP contribution in [-0.2, 0) is 25.6 Å². The predicted octanol–water partition coefficient (Wildman–Crippen LogP) is -1.42. The lowest BCUT2D eigenvalue weighted by atomic mass is 9.96. The van der Waals surface area contributed by atoms with Gasteiger partial charge in [-0.1, -0.05) is 50.6 Å². The summed E-state index contributed by atoms with van der Waals surface area (Å²) in [5.74, 6) is -3.82. The zero-order valence-corrected chi connectivity index (χ0v) is 22.1. The van der Waals surface area contributed by atoms with Crippen molar-refractivity contribution in [2.75, 3.05) is 6.54 Å². The van der Waals surface area contributed by atoms with Gasteiger partial charge in [0.2, 0.25) is 17.7 Å². The molecule has 212 valence electrons. The molecule has 0 heterocycles. The molecule has 1 rings (SSSR count). The fourth-order valence-electron chi connectivity index (χ4n) is 3.57. The molecule has 0 aliphatic carbocycles. The fourth-order valence-corrected chi connectivity index (χ4v) is 3.57. The molecule has 0 aliphatic rings. The van der Waals surface area contributed by atoms with Crippen molar-refractivity contribution in [3.8, 4) is 0 Å². The molecule has 1 aromatic carbocycles. The number of hydrogen-bond donors (Lipinski definition) is 8. The molecule has 11 N–H and O–H groups in total. The maximum absolute atomic E-state index is 13.1. The lowest BCUT2D eigenvalue weighted by molar-refractivity contribution is -0.143. The first kappa shape index (κ1) is 32.3. The van der Waals surface area contributed by atoms with Gasteiger partial charge in [0.15, 0.2) is 5.96 Å². The first-order valence-corrected chi connectivity index (χ1v) is 12.5. The number of rotatable bonds is 16. The Morgan fingerprint density at radius 3 is 2.05 bits per heavy atom. The van der Waals surface area contributed by atoms with E-state index in [4.69, 9.17) is 17.2 Å². The molecule has 38 heavy (non-hydrogen) atoms. The average Bonchev–Trinajstić information content (AvgIpc) is 2.87. The number of carbonyl (C=O) groups is 4. The highest BCUT2D eigenvalue weighted by Crippen LogP contribution is 2.11. The molecular formula is C25H41N7O6. The van der Waals surface area contributed by atoms with E-state index in [9.17, 15) is 29.4 Å². The lowest BCUT2D eigenvalue weighted by Crippen LogP contribution is -2.61. The second-order valence-electron chi connectivity index (χ2n) is 9.24. The van der Waals surface area contributed by atoms with E-state index in [0.29, 0.717) is 24.9 Å². The molecule has 0 radical (unpaired) electrons. The van der Waals surface area contributed by atoms with E-state index >= 15 is 0 Å². The molecule has 0 saturated heterocycles. The van der Waals surface area contributed by atoms with Gasteiger partial charge in [0.1, 0.15) is 18.1 Å². The van der Waals surface area contributed by atoms with Crippen LogP contribution in [0, 0.1) is 5.92 Å². The monoisotopic (exact) mass is 535 g/mol. The first-order valence-electron chi connectivity index (χ1n) is 12.5. The SMILES string of the molecule is CCC(C)C(NC(=O)C(N)CCCN=C(N)N)C(=O)NC(C(=O)NC(Cc1ccccc1)C(=O)O)C(C)O. The van der Waals surface area contributed by atoms with Crippen LogP contribution in [0.5, 0.6) is 0 Å². The van der Waals surface area contributed by atoms with Gasteiger partial charge < -0.3 is 43.4 Å². The Labute approximate surface area is 222 Å². The van der Waals surface area contributed by atoms with E-state index in [0.717, 1.165) is 0 Å². The number of nitrogens with one attached hydrogen (secondary N) is 3. The lowest BCUT2D eigenvalue weighted by Gasteiger charge is -2.29. The van der Waals surface area contributed by atoms with Crippen LogP contribution in [0.25, 0.3) is 0 Å². The molecule has 0 aromatic heterocycles. The van der Waals surface area contributed by atoms with Crippen molar-refractivity contribution in [1.29, 1.82) is 0 Å². The number of amides is 3. The fraction of sp³-hybridized carbons (Fsp3) is 0.560. The van der Waals surface area contributed by atoms with Gasteiger partial charge in [-0.05, 0) is 31.2 Å². The number of carboxylic acid groups (broad SMARTS) is 1. The van der Waals surface area contributed by atoms with Gasteiger partial charge in [0, 0.05) is 13.0 Å².